The molecule has 1 heteroatoms. The molecular formula is C34H52N+. The fourth-order valence-corrected chi connectivity index (χ4v) is 4.97. The summed E-state index contributed by atoms with van der Waals surface area (Å²) in [6.45, 7) is 9.16. The summed E-state index contributed by atoms with van der Waals surface area (Å²) >= 11 is 0. The number of quaternary nitrogens is 1. The molecule has 192 valence electrons. The fourth-order valence-electron chi connectivity index (χ4n) is 4.97. The Morgan fingerprint density at radius 1 is 0.486 bits per heavy atom. The van der Waals surface area contributed by atoms with Crippen molar-refractivity contribution in [1.29, 1.82) is 0 Å². The van der Waals surface area contributed by atoms with Crippen LogP contribution in [0.1, 0.15) is 102 Å². The molecule has 0 unspecified atom stereocenters. The van der Waals surface area contributed by atoms with Crippen LogP contribution in [-0.4, -0.2) is 17.6 Å². The predicted molar refractivity (Wildman–Crippen MR) is 155 cm³/mol. The molecule has 0 heterocycles. The van der Waals surface area contributed by atoms with Gasteiger partial charge in [-0.3, -0.25) is 0 Å². The zero-order valence-corrected chi connectivity index (χ0v) is 22.8. The SMILES string of the molecule is CCCCCC/C=C/CC[N+](CC/C=C/CCCCCC)(Cc1ccccc1)Cc1ccccc1. The van der Waals surface area contributed by atoms with Crippen LogP contribution in [0.15, 0.2) is 85.0 Å². The molecule has 2 aromatic rings. The molecule has 0 bridgehead atoms. The Morgan fingerprint density at radius 3 is 1.29 bits per heavy atom. The Hall–Kier alpha value is -2.12. The Kier molecular flexibility index (Phi) is 15.9. The van der Waals surface area contributed by atoms with Crippen molar-refractivity contribution in [3.8, 4) is 0 Å². The maximum absolute atomic E-state index is 2.46. The summed E-state index contributed by atoms with van der Waals surface area (Å²) in [6, 6.07) is 22.3. The third kappa shape index (κ3) is 13.5. The molecule has 0 amide bonds. The minimum atomic E-state index is 1.10. The zero-order valence-electron chi connectivity index (χ0n) is 22.8. The van der Waals surface area contributed by atoms with Crippen LogP contribution in [-0.2, 0) is 13.1 Å². The van der Waals surface area contributed by atoms with Crippen molar-refractivity contribution in [2.24, 2.45) is 0 Å². The number of nitrogens with zero attached hydrogens (tertiary/aromatic N) is 1. The highest BCUT2D eigenvalue weighted by molar-refractivity contribution is 5.15. The summed E-state index contributed by atoms with van der Waals surface area (Å²) in [4.78, 5) is 0. The first-order chi connectivity index (χ1) is 17.3. The van der Waals surface area contributed by atoms with Gasteiger partial charge in [-0.05, 0) is 25.7 Å². The predicted octanol–water partition coefficient (Wildman–Crippen LogP) is 10.0. The summed E-state index contributed by atoms with van der Waals surface area (Å²) in [5.74, 6) is 0. The molecule has 0 fully saturated rings. The van der Waals surface area contributed by atoms with E-state index in [4.69, 9.17) is 0 Å². The van der Waals surface area contributed by atoms with Crippen LogP contribution in [0.5, 0.6) is 0 Å². The first kappa shape index (κ1) is 29.1. The third-order valence-electron chi connectivity index (χ3n) is 7.04. The highest BCUT2D eigenvalue weighted by Gasteiger charge is 2.27. The van der Waals surface area contributed by atoms with Crippen LogP contribution >= 0.6 is 0 Å². The van der Waals surface area contributed by atoms with Crippen molar-refractivity contribution in [3.63, 3.8) is 0 Å². The van der Waals surface area contributed by atoms with Crippen LogP contribution in [0.4, 0.5) is 0 Å². The minimum absolute atomic E-state index is 1.10. The second-order valence-corrected chi connectivity index (χ2v) is 10.3. The van der Waals surface area contributed by atoms with E-state index in [0.29, 0.717) is 0 Å². The van der Waals surface area contributed by atoms with E-state index in [2.05, 4.69) is 98.8 Å². The van der Waals surface area contributed by atoms with Gasteiger partial charge in [-0.1, -0.05) is 137 Å². The lowest BCUT2D eigenvalue weighted by atomic mass is 10.1. The smallest absolute Gasteiger partial charge is 0.105 e. The van der Waals surface area contributed by atoms with Crippen LogP contribution < -0.4 is 0 Å². The first-order valence-electron chi connectivity index (χ1n) is 14.5. The number of allylic oxidation sites excluding steroid dienone is 2. The normalized spacial score (nSPS) is 12.2. The van der Waals surface area contributed by atoms with Crippen molar-refractivity contribution in [3.05, 3.63) is 96.1 Å². The maximum atomic E-state index is 2.46. The van der Waals surface area contributed by atoms with Crippen LogP contribution in [0.3, 0.4) is 0 Å². The van der Waals surface area contributed by atoms with E-state index in [0.717, 1.165) is 30.4 Å². The summed E-state index contributed by atoms with van der Waals surface area (Å²) in [5.41, 5.74) is 2.91. The summed E-state index contributed by atoms with van der Waals surface area (Å²) < 4.78 is 1.12. The molecule has 2 rings (SSSR count). The first-order valence-corrected chi connectivity index (χ1v) is 14.5. The molecule has 0 aromatic heterocycles. The molecular weight excluding hydrogens is 422 g/mol. The average Bonchev–Trinajstić information content (AvgIpc) is 2.88. The van der Waals surface area contributed by atoms with Gasteiger partial charge in [-0.15, -0.1) is 0 Å². The summed E-state index contributed by atoms with van der Waals surface area (Å²) in [5, 5.41) is 0. The van der Waals surface area contributed by atoms with Crippen molar-refractivity contribution < 1.29 is 4.48 Å². The van der Waals surface area contributed by atoms with E-state index >= 15 is 0 Å². The average molecular weight is 475 g/mol. The Morgan fingerprint density at radius 2 is 0.886 bits per heavy atom. The molecule has 0 N–H and O–H groups in total. The fraction of sp³-hybridized carbons (Fsp3) is 0.529. The molecule has 0 saturated heterocycles. The molecule has 0 aliphatic heterocycles. The molecule has 0 aliphatic carbocycles. The van der Waals surface area contributed by atoms with Gasteiger partial charge in [0.2, 0.25) is 0 Å². The van der Waals surface area contributed by atoms with Gasteiger partial charge in [0.25, 0.3) is 0 Å². The second kappa shape index (κ2) is 19.1. The van der Waals surface area contributed by atoms with E-state index in [1.165, 1.54) is 88.4 Å². The topological polar surface area (TPSA) is 0 Å². The molecule has 0 atom stereocenters. The Labute approximate surface area is 217 Å². The van der Waals surface area contributed by atoms with Crippen LogP contribution in [0, 0.1) is 0 Å². The molecule has 35 heavy (non-hydrogen) atoms. The van der Waals surface area contributed by atoms with Gasteiger partial charge < -0.3 is 4.48 Å². The zero-order chi connectivity index (χ0) is 24.9. The molecule has 1 nitrogen and oxygen atoms in total. The molecule has 2 aromatic carbocycles. The molecule has 0 saturated carbocycles. The van der Waals surface area contributed by atoms with Crippen LogP contribution in [0.25, 0.3) is 0 Å². The van der Waals surface area contributed by atoms with Crippen molar-refractivity contribution in [2.45, 2.75) is 104 Å². The van der Waals surface area contributed by atoms with Gasteiger partial charge in [-0.2, -0.15) is 0 Å². The van der Waals surface area contributed by atoms with E-state index in [-0.39, 0.29) is 0 Å². The van der Waals surface area contributed by atoms with Gasteiger partial charge in [0.1, 0.15) is 13.1 Å². The molecule has 0 aliphatic rings. The van der Waals surface area contributed by atoms with Crippen LogP contribution in [0.2, 0.25) is 0 Å². The van der Waals surface area contributed by atoms with Crippen molar-refractivity contribution in [2.75, 3.05) is 13.1 Å². The van der Waals surface area contributed by atoms with Gasteiger partial charge >= 0.3 is 0 Å². The lowest BCUT2D eigenvalue weighted by Crippen LogP contribution is -2.47. The summed E-state index contributed by atoms with van der Waals surface area (Å²) in [6.07, 6.45) is 25.4. The van der Waals surface area contributed by atoms with Crippen molar-refractivity contribution in [1.82, 2.24) is 0 Å². The van der Waals surface area contributed by atoms with Gasteiger partial charge in [0.15, 0.2) is 0 Å². The van der Waals surface area contributed by atoms with Gasteiger partial charge in [-0.25, -0.2) is 0 Å². The quantitative estimate of drug-likeness (QED) is 0.102. The lowest BCUT2D eigenvalue weighted by molar-refractivity contribution is -0.953. The number of hydrogen-bond acceptors (Lipinski definition) is 0. The van der Waals surface area contributed by atoms with E-state index in [9.17, 15) is 0 Å². The monoisotopic (exact) mass is 474 g/mol. The van der Waals surface area contributed by atoms with Gasteiger partial charge in [0, 0.05) is 24.0 Å². The highest BCUT2D eigenvalue weighted by atomic mass is 15.3. The largest absolute Gasteiger partial charge is 0.316 e. The molecule has 0 radical (unpaired) electrons. The third-order valence-corrected chi connectivity index (χ3v) is 7.04. The van der Waals surface area contributed by atoms with E-state index in [1.54, 1.807) is 0 Å². The maximum Gasteiger partial charge on any atom is 0.105 e. The highest BCUT2D eigenvalue weighted by Crippen LogP contribution is 2.22. The van der Waals surface area contributed by atoms with E-state index in [1.807, 2.05) is 0 Å². The number of unbranched alkanes of at least 4 members (excludes halogenated alkanes) is 8. The number of hydrogen-bond donors (Lipinski definition) is 0. The van der Waals surface area contributed by atoms with Crippen molar-refractivity contribution >= 4 is 0 Å². The molecule has 0 spiro atoms. The number of benzene rings is 2. The van der Waals surface area contributed by atoms with E-state index < -0.39 is 0 Å². The van der Waals surface area contributed by atoms with Gasteiger partial charge in [0.05, 0.1) is 13.1 Å². The lowest BCUT2D eigenvalue weighted by Gasteiger charge is -2.39. The number of rotatable bonds is 20. The summed E-state index contributed by atoms with van der Waals surface area (Å²) in [7, 11) is 0. The minimum Gasteiger partial charge on any atom is -0.316 e. The Bertz CT molecular complexity index is 720. The second-order valence-electron chi connectivity index (χ2n) is 10.3. The standard InChI is InChI=1S/C34H52N/c1-3-5-7-9-11-13-15-23-29-35(31-33-25-19-17-20-26-33,32-34-27-21-18-22-28-34)30-24-16-14-12-10-8-6-4-2/h13-22,25-28H,3-12,23-24,29-32H2,1-2H3/q+1/b15-13+,16-14+. The Balaban J connectivity index is 2.07.